The summed E-state index contributed by atoms with van der Waals surface area (Å²) in [7, 11) is 1.76. The molecule has 0 atom stereocenters. The first kappa shape index (κ1) is 9.25. The third-order valence-electron chi connectivity index (χ3n) is 1.74. The van der Waals surface area contributed by atoms with E-state index in [0.29, 0.717) is 0 Å². The van der Waals surface area contributed by atoms with Gasteiger partial charge in [-0.05, 0) is 6.07 Å². The van der Waals surface area contributed by atoms with Crippen molar-refractivity contribution in [3.8, 4) is 0 Å². The number of hydrogen-bond donors (Lipinski definition) is 1. The molecule has 0 aliphatic rings. The summed E-state index contributed by atoms with van der Waals surface area (Å²) < 4.78 is 0. The molecule has 1 rings (SSSR count). The highest BCUT2D eigenvalue weighted by molar-refractivity contribution is 5.68. The van der Waals surface area contributed by atoms with Gasteiger partial charge in [0.2, 0.25) is 0 Å². The molecule has 0 amide bonds. The zero-order chi connectivity index (χ0) is 9.84. The van der Waals surface area contributed by atoms with Gasteiger partial charge in [-0.3, -0.25) is 10.1 Å². The Hall–Kier alpha value is -1.84. The summed E-state index contributed by atoms with van der Waals surface area (Å²) >= 11 is 0. The van der Waals surface area contributed by atoms with Crippen LogP contribution in [0.2, 0.25) is 0 Å². The lowest BCUT2D eigenvalue weighted by molar-refractivity contribution is -0.384. The molecular formula is C9H10N2O2. The number of nitro benzene ring substituents is 1. The maximum absolute atomic E-state index is 10.4. The third-order valence-corrected chi connectivity index (χ3v) is 1.74. The van der Waals surface area contributed by atoms with E-state index in [4.69, 9.17) is 0 Å². The first-order chi connectivity index (χ1) is 6.19. The molecule has 0 saturated carbocycles. The zero-order valence-corrected chi connectivity index (χ0v) is 7.28. The van der Waals surface area contributed by atoms with Crippen molar-refractivity contribution in [2.75, 3.05) is 12.4 Å². The molecule has 1 N–H and O–H groups in total. The number of non-ortho nitro benzene ring substituents is 1. The Morgan fingerprint density at radius 3 is 2.77 bits per heavy atom. The molecular weight excluding hydrogens is 168 g/mol. The number of nitrogens with one attached hydrogen (secondary N) is 1. The van der Waals surface area contributed by atoms with Gasteiger partial charge in [-0.2, -0.15) is 0 Å². The second kappa shape index (κ2) is 3.71. The SMILES string of the molecule is C=Cc1cc([N+](=O)[O-])ccc1NC. The molecule has 4 heteroatoms. The Morgan fingerprint density at radius 2 is 2.31 bits per heavy atom. The molecule has 68 valence electrons. The van der Waals surface area contributed by atoms with Gasteiger partial charge in [0.15, 0.2) is 0 Å². The van der Waals surface area contributed by atoms with Crippen LogP contribution >= 0.6 is 0 Å². The molecule has 0 spiro atoms. The van der Waals surface area contributed by atoms with Gasteiger partial charge in [0.1, 0.15) is 0 Å². The minimum Gasteiger partial charge on any atom is -0.388 e. The molecule has 0 heterocycles. The highest BCUT2D eigenvalue weighted by atomic mass is 16.6. The van der Waals surface area contributed by atoms with Crippen molar-refractivity contribution in [1.82, 2.24) is 0 Å². The molecule has 0 radical (unpaired) electrons. The van der Waals surface area contributed by atoms with Gasteiger partial charge in [-0.25, -0.2) is 0 Å². The minimum atomic E-state index is -0.424. The van der Waals surface area contributed by atoms with Crippen molar-refractivity contribution in [2.45, 2.75) is 0 Å². The summed E-state index contributed by atoms with van der Waals surface area (Å²) in [6.07, 6.45) is 1.58. The van der Waals surface area contributed by atoms with E-state index in [0.717, 1.165) is 11.3 Å². The van der Waals surface area contributed by atoms with E-state index < -0.39 is 4.92 Å². The quantitative estimate of drug-likeness (QED) is 0.570. The monoisotopic (exact) mass is 178 g/mol. The van der Waals surface area contributed by atoms with Crippen LogP contribution in [0.15, 0.2) is 24.8 Å². The van der Waals surface area contributed by atoms with Crippen molar-refractivity contribution in [1.29, 1.82) is 0 Å². The fourth-order valence-corrected chi connectivity index (χ4v) is 1.06. The molecule has 0 unspecified atom stereocenters. The predicted molar refractivity (Wildman–Crippen MR) is 52.7 cm³/mol. The highest BCUT2D eigenvalue weighted by Gasteiger charge is 2.07. The molecule has 0 fully saturated rings. The molecule has 0 aromatic heterocycles. The molecule has 0 bridgehead atoms. The van der Waals surface area contributed by atoms with Gasteiger partial charge in [-0.1, -0.05) is 12.7 Å². The van der Waals surface area contributed by atoms with E-state index >= 15 is 0 Å². The lowest BCUT2D eigenvalue weighted by Crippen LogP contribution is -1.94. The van der Waals surface area contributed by atoms with Crippen LogP contribution in [-0.2, 0) is 0 Å². The van der Waals surface area contributed by atoms with Crippen LogP contribution in [0.25, 0.3) is 6.08 Å². The molecule has 1 aromatic rings. The number of rotatable bonds is 3. The Morgan fingerprint density at radius 1 is 1.62 bits per heavy atom. The van der Waals surface area contributed by atoms with Crippen LogP contribution in [0.5, 0.6) is 0 Å². The maximum Gasteiger partial charge on any atom is 0.270 e. The normalized spacial score (nSPS) is 9.31. The summed E-state index contributed by atoms with van der Waals surface area (Å²) in [5.74, 6) is 0. The van der Waals surface area contributed by atoms with Crippen molar-refractivity contribution in [3.63, 3.8) is 0 Å². The predicted octanol–water partition coefficient (Wildman–Crippen LogP) is 2.28. The second-order valence-electron chi connectivity index (χ2n) is 2.48. The number of anilines is 1. The van der Waals surface area contributed by atoms with E-state index in [1.54, 1.807) is 19.2 Å². The number of nitrogens with zero attached hydrogens (tertiary/aromatic N) is 1. The van der Waals surface area contributed by atoms with E-state index in [1.165, 1.54) is 12.1 Å². The van der Waals surface area contributed by atoms with Crippen molar-refractivity contribution in [2.24, 2.45) is 0 Å². The standard InChI is InChI=1S/C9H10N2O2/c1-3-7-6-8(11(12)13)4-5-9(7)10-2/h3-6,10H,1H2,2H3. The van der Waals surface area contributed by atoms with Gasteiger partial charge < -0.3 is 5.32 Å². The largest absolute Gasteiger partial charge is 0.388 e. The highest BCUT2D eigenvalue weighted by Crippen LogP contribution is 2.22. The average molecular weight is 178 g/mol. The smallest absolute Gasteiger partial charge is 0.270 e. The van der Waals surface area contributed by atoms with Crippen molar-refractivity contribution >= 4 is 17.5 Å². The maximum atomic E-state index is 10.4. The van der Waals surface area contributed by atoms with Crippen LogP contribution in [0.4, 0.5) is 11.4 Å². The fraction of sp³-hybridized carbons (Fsp3) is 0.111. The van der Waals surface area contributed by atoms with Crippen LogP contribution in [0, 0.1) is 10.1 Å². The van der Waals surface area contributed by atoms with Crippen LogP contribution < -0.4 is 5.32 Å². The molecule has 1 aromatic carbocycles. The first-order valence-corrected chi connectivity index (χ1v) is 3.77. The summed E-state index contributed by atoms with van der Waals surface area (Å²) in [5.41, 5.74) is 1.64. The second-order valence-corrected chi connectivity index (χ2v) is 2.48. The Kier molecular flexibility index (Phi) is 2.64. The number of benzene rings is 1. The van der Waals surface area contributed by atoms with Crippen LogP contribution in [-0.4, -0.2) is 12.0 Å². The number of nitro groups is 1. The van der Waals surface area contributed by atoms with Crippen molar-refractivity contribution < 1.29 is 4.92 Å². The Bertz CT molecular complexity index is 347. The first-order valence-electron chi connectivity index (χ1n) is 3.77. The number of hydrogen-bond acceptors (Lipinski definition) is 3. The Labute approximate surface area is 76.0 Å². The Balaban J connectivity index is 3.20. The van der Waals surface area contributed by atoms with E-state index in [2.05, 4.69) is 11.9 Å². The third kappa shape index (κ3) is 1.84. The van der Waals surface area contributed by atoms with Gasteiger partial charge in [0.25, 0.3) is 5.69 Å². The van der Waals surface area contributed by atoms with Gasteiger partial charge >= 0.3 is 0 Å². The summed E-state index contributed by atoms with van der Waals surface area (Å²) in [6.45, 7) is 3.58. The molecule has 4 nitrogen and oxygen atoms in total. The summed E-state index contributed by atoms with van der Waals surface area (Å²) in [4.78, 5) is 10.00. The topological polar surface area (TPSA) is 55.2 Å². The van der Waals surface area contributed by atoms with E-state index in [-0.39, 0.29) is 5.69 Å². The fourth-order valence-electron chi connectivity index (χ4n) is 1.06. The summed E-state index contributed by atoms with van der Waals surface area (Å²) in [6, 6.07) is 4.60. The van der Waals surface area contributed by atoms with E-state index in [1.807, 2.05) is 0 Å². The van der Waals surface area contributed by atoms with E-state index in [9.17, 15) is 10.1 Å². The zero-order valence-electron chi connectivity index (χ0n) is 7.28. The molecule has 0 saturated heterocycles. The average Bonchev–Trinajstić information content (AvgIpc) is 2.16. The molecule has 13 heavy (non-hydrogen) atoms. The van der Waals surface area contributed by atoms with Crippen molar-refractivity contribution in [3.05, 3.63) is 40.5 Å². The van der Waals surface area contributed by atoms with Gasteiger partial charge in [0.05, 0.1) is 4.92 Å². The lowest BCUT2D eigenvalue weighted by Gasteiger charge is -2.03. The van der Waals surface area contributed by atoms with Crippen LogP contribution in [0.1, 0.15) is 5.56 Å². The molecule has 0 aliphatic heterocycles. The van der Waals surface area contributed by atoms with Gasteiger partial charge in [-0.15, -0.1) is 0 Å². The summed E-state index contributed by atoms with van der Waals surface area (Å²) in [5, 5.41) is 13.3. The minimum absolute atomic E-state index is 0.0777. The van der Waals surface area contributed by atoms with Crippen LogP contribution in [0.3, 0.4) is 0 Å². The van der Waals surface area contributed by atoms with Gasteiger partial charge in [0, 0.05) is 30.4 Å². The molecule has 0 aliphatic carbocycles. The lowest BCUT2D eigenvalue weighted by atomic mass is 10.1.